The Hall–Kier alpha value is -1.75. The number of anilines is 1. The molecule has 0 radical (unpaired) electrons. The fourth-order valence-electron chi connectivity index (χ4n) is 1.90. The van der Waals surface area contributed by atoms with Crippen LogP contribution in [0.3, 0.4) is 0 Å². The van der Waals surface area contributed by atoms with Gasteiger partial charge in [-0.15, -0.1) is 0 Å². The Balaban J connectivity index is 2.23. The van der Waals surface area contributed by atoms with Crippen LogP contribution in [-0.4, -0.2) is 37.9 Å². The van der Waals surface area contributed by atoms with E-state index in [4.69, 9.17) is 9.47 Å². The molecule has 0 amide bonds. The monoisotopic (exact) mass is 251 g/mol. The maximum absolute atomic E-state index is 11.5. The lowest BCUT2D eigenvalue weighted by molar-refractivity contribution is -0.153. The molecule has 0 aromatic heterocycles. The summed E-state index contributed by atoms with van der Waals surface area (Å²) in [6.07, 6.45) is -1.26. The van der Waals surface area contributed by atoms with Crippen molar-refractivity contribution < 1.29 is 19.4 Å². The quantitative estimate of drug-likeness (QED) is 0.815. The fourth-order valence-corrected chi connectivity index (χ4v) is 1.90. The lowest BCUT2D eigenvalue weighted by Gasteiger charge is -2.28. The van der Waals surface area contributed by atoms with Crippen molar-refractivity contribution in [2.24, 2.45) is 0 Å². The SMILES string of the molecule is CCOC(=O)C(O)c1ccc2c(c1)OCCN2C. The van der Waals surface area contributed by atoms with Gasteiger partial charge in [-0.2, -0.15) is 0 Å². The Morgan fingerprint density at radius 3 is 3.11 bits per heavy atom. The number of carbonyl (C=O) groups excluding carboxylic acids is 1. The van der Waals surface area contributed by atoms with Crippen molar-refractivity contribution in [1.29, 1.82) is 0 Å². The van der Waals surface area contributed by atoms with Crippen molar-refractivity contribution in [3.63, 3.8) is 0 Å². The molecule has 0 spiro atoms. The minimum atomic E-state index is -1.26. The third kappa shape index (κ3) is 2.41. The van der Waals surface area contributed by atoms with Gasteiger partial charge in [0.05, 0.1) is 18.8 Å². The first-order valence-electron chi connectivity index (χ1n) is 5.96. The smallest absolute Gasteiger partial charge is 0.339 e. The van der Waals surface area contributed by atoms with E-state index in [0.717, 1.165) is 12.2 Å². The number of hydrogen-bond acceptors (Lipinski definition) is 5. The van der Waals surface area contributed by atoms with Crippen molar-refractivity contribution in [3.05, 3.63) is 23.8 Å². The van der Waals surface area contributed by atoms with Crippen molar-refractivity contribution >= 4 is 11.7 Å². The normalized spacial score (nSPS) is 15.6. The third-order valence-corrected chi connectivity index (χ3v) is 2.90. The Kier molecular flexibility index (Phi) is 3.72. The minimum absolute atomic E-state index is 0.250. The van der Waals surface area contributed by atoms with E-state index in [2.05, 4.69) is 4.90 Å². The average molecular weight is 251 g/mol. The molecule has 1 aliphatic heterocycles. The van der Waals surface area contributed by atoms with Gasteiger partial charge < -0.3 is 19.5 Å². The Morgan fingerprint density at radius 1 is 1.61 bits per heavy atom. The summed E-state index contributed by atoms with van der Waals surface area (Å²) in [5.74, 6) is 0.0474. The number of benzene rings is 1. The van der Waals surface area contributed by atoms with Crippen LogP contribution < -0.4 is 9.64 Å². The Labute approximate surface area is 106 Å². The topological polar surface area (TPSA) is 59.0 Å². The van der Waals surface area contributed by atoms with E-state index >= 15 is 0 Å². The molecule has 1 aliphatic rings. The lowest BCUT2D eigenvalue weighted by Crippen LogP contribution is -2.29. The first kappa shape index (κ1) is 12.7. The number of ether oxygens (including phenoxy) is 2. The predicted molar refractivity (Wildman–Crippen MR) is 66.8 cm³/mol. The van der Waals surface area contributed by atoms with Crippen molar-refractivity contribution in [1.82, 2.24) is 0 Å². The number of esters is 1. The molecule has 1 atom stereocenters. The highest BCUT2D eigenvalue weighted by atomic mass is 16.5. The molecule has 18 heavy (non-hydrogen) atoms. The number of aliphatic hydroxyl groups is 1. The van der Waals surface area contributed by atoms with E-state index < -0.39 is 12.1 Å². The van der Waals surface area contributed by atoms with Crippen LogP contribution in [0.15, 0.2) is 18.2 Å². The van der Waals surface area contributed by atoms with Crippen molar-refractivity contribution in [2.45, 2.75) is 13.0 Å². The molecule has 1 heterocycles. The summed E-state index contributed by atoms with van der Waals surface area (Å²) in [5.41, 5.74) is 1.45. The molecule has 0 saturated carbocycles. The summed E-state index contributed by atoms with van der Waals surface area (Å²) >= 11 is 0. The Morgan fingerprint density at radius 2 is 2.39 bits per heavy atom. The second-order valence-electron chi connectivity index (χ2n) is 4.15. The van der Waals surface area contributed by atoms with Gasteiger partial charge in [-0.3, -0.25) is 0 Å². The molecule has 5 heteroatoms. The number of fused-ring (bicyclic) bond motifs is 1. The fraction of sp³-hybridized carbons (Fsp3) is 0.462. The van der Waals surface area contributed by atoms with Gasteiger partial charge >= 0.3 is 5.97 Å². The second-order valence-corrected chi connectivity index (χ2v) is 4.15. The average Bonchev–Trinajstić information content (AvgIpc) is 2.38. The molecular formula is C13H17NO4. The molecule has 0 aliphatic carbocycles. The van der Waals surface area contributed by atoms with Crippen LogP contribution in [0.2, 0.25) is 0 Å². The Bertz CT molecular complexity index is 447. The third-order valence-electron chi connectivity index (χ3n) is 2.90. The molecule has 1 unspecified atom stereocenters. The number of nitrogens with zero attached hydrogens (tertiary/aromatic N) is 1. The minimum Gasteiger partial charge on any atom is -0.490 e. The van der Waals surface area contributed by atoms with Gasteiger partial charge in [-0.05, 0) is 24.6 Å². The number of carbonyl (C=O) groups is 1. The zero-order valence-corrected chi connectivity index (χ0v) is 10.5. The maximum Gasteiger partial charge on any atom is 0.339 e. The van der Waals surface area contributed by atoms with Crippen LogP contribution >= 0.6 is 0 Å². The van der Waals surface area contributed by atoms with Gasteiger partial charge in [0, 0.05) is 7.05 Å². The summed E-state index contributed by atoms with van der Waals surface area (Å²) in [7, 11) is 1.98. The number of hydrogen-bond donors (Lipinski definition) is 1. The molecule has 1 aromatic rings. The molecule has 0 fully saturated rings. The molecular weight excluding hydrogens is 234 g/mol. The molecule has 0 bridgehead atoms. The zero-order chi connectivity index (χ0) is 13.1. The van der Waals surface area contributed by atoms with Gasteiger partial charge in [-0.1, -0.05) is 6.07 Å². The van der Waals surface area contributed by atoms with Crippen molar-refractivity contribution in [2.75, 3.05) is 31.7 Å². The first-order valence-corrected chi connectivity index (χ1v) is 5.96. The second kappa shape index (κ2) is 5.27. The van der Waals surface area contributed by atoms with Crippen LogP contribution in [0.5, 0.6) is 5.75 Å². The molecule has 5 nitrogen and oxygen atoms in total. The first-order chi connectivity index (χ1) is 8.63. The molecule has 1 aromatic carbocycles. The zero-order valence-electron chi connectivity index (χ0n) is 10.5. The van der Waals surface area contributed by atoms with Crippen LogP contribution in [0.1, 0.15) is 18.6 Å². The summed E-state index contributed by atoms with van der Waals surface area (Å²) in [6.45, 7) is 3.38. The molecule has 0 saturated heterocycles. The summed E-state index contributed by atoms with van der Waals surface area (Å²) in [6, 6.07) is 5.24. The number of rotatable bonds is 3. The number of likely N-dealkylation sites (N-methyl/N-ethyl adjacent to an activating group) is 1. The van der Waals surface area contributed by atoms with Crippen LogP contribution in [-0.2, 0) is 9.53 Å². The van der Waals surface area contributed by atoms with Crippen LogP contribution in [0.4, 0.5) is 5.69 Å². The number of aliphatic hydroxyl groups excluding tert-OH is 1. The van der Waals surface area contributed by atoms with Gasteiger partial charge in [0.15, 0.2) is 6.10 Å². The van der Waals surface area contributed by atoms with E-state index in [0.29, 0.717) is 17.9 Å². The largest absolute Gasteiger partial charge is 0.490 e. The van der Waals surface area contributed by atoms with Gasteiger partial charge in [0.1, 0.15) is 12.4 Å². The van der Waals surface area contributed by atoms with Crippen LogP contribution in [0.25, 0.3) is 0 Å². The lowest BCUT2D eigenvalue weighted by atomic mass is 10.1. The highest BCUT2D eigenvalue weighted by molar-refractivity contribution is 5.77. The standard InChI is InChI=1S/C13H17NO4/c1-3-17-13(16)12(15)9-4-5-10-11(8-9)18-7-6-14(10)2/h4-5,8,12,15H,3,6-7H2,1-2H3. The van der Waals surface area contributed by atoms with E-state index in [1.54, 1.807) is 19.1 Å². The maximum atomic E-state index is 11.5. The predicted octanol–water partition coefficient (Wildman–Crippen LogP) is 1.11. The molecule has 1 N–H and O–H groups in total. The van der Waals surface area contributed by atoms with E-state index in [-0.39, 0.29) is 6.61 Å². The van der Waals surface area contributed by atoms with Crippen LogP contribution in [0, 0.1) is 0 Å². The van der Waals surface area contributed by atoms with E-state index in [1.165, 1.54) is 0 Å². The van der Waals surface area contributed by atoms with Gasteiger partial charge in [-0.25, -0.2) is 4.79 Å². The highest BCUT2D eigenvalue weighted by Crippen LogP contribution is 2.33. The summed E-state index contributed by atoms with van der Waals surface area (Å²) in [4.78, 5) is 13.5. The molecule has 2 rings (SSSR count). The molecule has 98 valence electrons. The van der Waals surface area contributed by atoms with E-state index in [9.17, 15) is 9.90 Å². The van der Waals surface area contributed by atoms with E-state index in [1.807, 2.05) is 13.1 Å². The summed E-state index contributed by atoms with van der Waals surface area (Å²) in [5, 5.41) is 9.84. The van der Waals surface area contributed by atoms with Crippen molar-refractivity contribution in [3.8, 4) is 5.75 Å². The van der Waals surface area contributed by atoms with Gasteiger partial charge in [0.25, 0.3) is 0 Å². The summed E-state index contributed by atoms with van der Waals surface area (Å²) < 4.78 is 10.3. The highest BCUT2D eigenvalue weighted by Gasteiger charge is 2.22. The van der Waals surface area contributed by atoms with Gasteiger partial charge in [0.2, 0.25) is 0 Å².